The molecule has 0 heterocycles. The standard InChI is InChI=1S/C21H26N2O4/c1-23(2)21(25)19(22)14-16-6-11-18(12-7-16)27-17-9-4-15(5-10-17)8-13-20(24)26-3/h4-7,9-12,19H,8,13-14,22H2,1-3H3/t19-/m0/s1. The van der Waals surface area contributed by atoms with Gasteiger partial charge in [0.05, 0.1) is 13.2 Å². The maximum Gasteiger partial charge on any atom is 0.305 e. The minimum atomic E-state index is -0.552. The molecule has 0 saturated carbocycles. The normalized spacial score (nSPS) is 11.6. The van der Waals surface area contributed by atoms with E-state index in [1.54, 1.807) is 14.1 Å². The molecule has 0 aliphatic rings. The number of carbonyl (C=O) groups excluding carboxylic acids is 2. The summed E-state index contributed by atoms with van der Waals surface area (Å²) in [5, 5.41) is 0. The Morgan fingerprint density at radius 3 is 1.96 bits per heavy atom. The van der Waals surface area contributed by atoms with E-state index in [-0.39, 0.29) is 11.9 Å². The lowest BCUT2D eigenvalue weighted by Crippen LogP contribution is -2.41. The van der Waals surface area contributed by atoms with E-state index >= 15 is 0 Å². The summed E-state index contributed by atoms with van der Waals surface area (Å²) in [5.74, 6) is 1.10. The van der Waals surface area contributed by atoms with Crippen molar-refractivity contribution in [2.75, 3.05) is 21.2 Å². The van der Waals surface area contributed by atoms with Gasteiger partial charge in [0.2, 0.25) is 5.91 Å². The zero-order valence-corrected chi connectivity index (χ0v) is 16.0. The Bertz CT molecular complexity index is 755. The van der Waals surface area contributed by atoms with Crippen LogP contribution in [0.25, 0.3) is 0 Å². The third-order valence-corrected chi connectivity index (χ3v) is 4.14. The topological polar surface area (TPSA) is 81.9 Å². The van der Waals surface area contributed by atoms with E-state index in [1.165, 1.54) is 12.0 Å². The number of amides is 1. The van der Waals surface area contributed by atoms with E-state index in [0.717, 1.165) is 11.1 Å². The predicted molar refractivity (Wildman–Crippen MR) is 104 cm³/mol. The van der Waals surface area contributed by atoms with Gasteiger partial charge in [0.25, 0.3) is 0 Å². The number of methoxy groups -OCH3 is 1. The molecule has 0 bridgehead atoms. The van der Waals surface area contributed by atoms with Gasteiger partial charge in [-0.2, -0.15) is 0 Å². The van der Waals surface area contributed by atoms with E-state index in [4.69, 9.17) is 10.5 Å². The first kappa shape index (κ1) is 20.5. The molecular formula is C21H26N2O4. The molecular weight excluding hydrogens is 344 g/mol. The van der Waals surface area contributed by atoms with E-state index in [0.29, 0.717) is 30.8 Å². The molecule has 144 valence electrons. The number of esters is 1. The first-order valence-corrected chi connectivity index (χ1v) is 8.78. The van der Waals surface area contributed by atoms with Gasteiger partial charge in [0, 0.05) is 20.5 Å². The van der Waals surface area contributed by atoms with Gasteiger partial charge in [-0.1, -0.05) is 24.3 Å². The number of hydrogen-bond acceptors (Lipinski definition) is 5. The minimum absolute atomic E-state index is 0.0948. The number of nitrogens with two attached hydrogens (primary N) is 1. The Hall–Kier alpha value is -2.86. The van der Waals surface area contributed by atoms with Gasteiger partial charge in [-0.15, -0.1) is 0 Å². The highest BCUT2D eigenvalue weighted by molar-refractivity contribution is 5.81. The van der Waals surface area contributed by atoms with Crippen molar-refractivity contribution in [3.05, 3.63) is 59.7 Å². The second-order valence-corrected chi connectivity index (χ2v) is 6.51. The van der Waals surface area contributed by atoms with Crippen LogP contribution >= 0.6 is 0 Å². The molecule has 0 spiro atoms. The van der Waals surface area contributed by atoms with Gasteiger partial charge in [-0.3, -0.25) is 9.59 Å². The van der Waals surface area contributed by atoms with Crippen molar-refractivity contribution in [1.82, 2.24) is 4.90 Å². The molecule has 1 atom stereocenters. The van der Waals surface area contributed by atoms with Crippen molar-refractivity contribution in [1.29, 1.82) is 0 Å². The van der Waals surface area contributed by atoms with Crippen molar-refractivity contribution in [2.24, 2.45) is 5.73 Å². The van der Waals surface area contributed by atoms with Crippen LogP contribution in [0.15, 0.2) is 48.5 Å². The number of aryl methyl sites for hydroxylation is 1. The fraction of sp³-hybridized carbons (Fsp3) is 0.333. The van der Waals surface area contributed by atoms with Gasteiger partial charge in [0.15, 0.2) is 0 Å². The smallest absolute Gasteiger partial charge is 0.305 e. The number of ether oxygens (including phenoxy) is 2. The van der Waals surface area contributed by atoms with Crippen molar-refractivity contribution < 1.29 is 19.1 Å². The van der Waals surface area contributed by atoms with Gasteiger partial charge in [-0.05, 0) is 48.2 Å². The Morgan fingerprint density at radius 1 is 0.963 bits per heavy atom. The molecule has 2 rings (SSSR count). The molecule has 6 nitrogen and oxygen atoms in total. The third kappa shape index (κ3) is 6.42. The molecule has 0 aromatic heterocycles. The number of likely N-dealkylation sites (N-methyl/N-ethyl adjacent to an activating group) is 1. The van der Waals surface area contributed by atoms with Gasteiger partial charge < -0.3 is 20.1 Å². The lowest BCUT2D eigenvalue weighted by molar-refractivity contribution is -0.140. The van der Waals surface area contributed by atoms with Gasteiger partial charge in [-0.25, -0.2) is 0 Å². The van der Waals surface area contributed by atoms with Crippen molar-refractivity contribution in [2.45, 2.75) is 25.3 Å². The number of rotatable bonds is 8. The molecule has 1 amide bonds. The van der Waals surface area contributed by atoms with Crippen LogP contribution in [0.3, 0.4) is 0 Å². The SMILES string of the molecule is COC(=O)CCc1ccc(Oc2ccc(C[C@H](N)C(=O)N(C)C)cc2)cc1. The fourth-order valence-electron chi connectivity index (χ4n) is 2.58. The van der Waals surface area contributed by atoms with Crippen molar-refractivity contribution >= 4 is 11.9 Å². The average molecular weight is 370 g/mol. The van der Waals surface area contributed by atoms with Crippen LogP contribution in [0.2, 0.25) is 0 Å². The van der Waals surface area contributed by atoms with Crippen LogP contribution in [0.1, 0.15) is 17.5 Å². The monoisotopic (exact) mass is 370 g/mol. The first-order chi connectivity index (χ1) is 12.9. The molecule has 0 aliphatic carbocycles. The Balaban J connectivity index is 1.90. The summed E-state index contributed by atoms with van der Waals surface area (Å²) >= 11 is 0. The van der Waals surface area contributed by atoms with Crippen molar-refractivity contribution in [3.63, 3.8) is 0 Å². The largest absolute Gasteiger partial charge is 0.469 e. The van der Waals surface area contributed by atoms with E-state index in [2.05, 4.69) is 4.74 Å². The number of hydrogen-bond donors (Lipinski definition) is 1. The Labute approximate surface area is 159 Å². The maximum absolute atomic E-state index is 11.8. The second-order valence-electron chi connectivity index (χ2n) is 6.51. The number of benzene rings is 2. The molecule has 27 heavy (non-hydrogen) atoms. The highest BCUT2D eigenvalue weighted by Gasteiger charge is 2.15. The average Bonchev–Trinajstić information content (AvgIpc) is 2.67. The summed E-state index contributed by atoms with van der Waals surface area (Å²) in [6.45, 7) is 0. The van der Waals surface area contributed by atoms with Crippen LogP contribution in [-0.4, -0.2) is 44.0 Å². The van der Waals surface area contributed by atoms with Crippen LogP contribution in [-0.2, 0) is 27.2 Å². The fourth-order valence-corrected chi connectivity index (χ4v) is 2.58. The molecule has 0 unspecified atom stereocenters. The highest BCUT2D eigenvalue weighted by atomic mass is 16.5. The number of carbonyl (C=O) groups is 2. The summed E-state index contributed by atoms with van der Waals surface area (Å²) in [6.07, 6.45) is 1.47. The highest BCUT2D eigenvalue weighted by Crippen LogP contribution is 2.23. The summed E-state index contributed by atoms with van der Waals surface area (Å²) in [5.41, 5.74) is 7.95. The zero-order valence-electron chi connectivity index (χ0n) is 16.0. The Morgan fingerprint density at radius 2 is 1.48 bits per heavy atom. The predicted octanol–water partition coefficient (Wildman–Crippen LogP) is 2.54. The third-order valence-electron chi connectivity index (χ3n) is 4.14. The van der Waals surface area contributed by atoms with Crippen LogP contribution in [0.4, 0.5) is 0 Å². The molecule has 2 aromatic rings. The zero-order chi connectivity index (χ0) is 19.8. The molecule has 0 aliphatic heterocycles. The summed E-state index contributed by atoms with van der Waals surface area (Å²) in [6, 6.07) is 14.6. The molecule has 2 aromatic carbocycles. The molecule has 0 fully saturated rings. The van der Waals surface area contributed by atoms with Crippen LogP contribution in [0.5, 0.6) is 11.5 Å². The van der Waals surface area contributed by atoms with Gasteiger partial charge >= 0.3 is 5.97 Å². The van der Waals surface area contributed by atoms with E-state index in [1.807, 2.05) is 48.5 Å². The molecule has 6 heteroatoms. The lowest BCUT2D eigenvalue weighted by atomic mass is 10.1. The summed E-state index contributed by atoms with van der Waals surface area (Å²) in [4.78, 5) is 24.5. The Kier molecular flexibility index (Phi) is 7.37. The molecule has 2 N–H and O–H groups in total. The van der Waals surface area contributed by atoms with E-state index < -0.39 is 6.04 Å². The molecule has 0 saturated heterocycles. The number of nitrogens with zero attached hydrogens (tertiary/aromatic N) is 1. The summed E-state index contributed by atoms with van der Waals surface area (Å²) in [7, 11) is 4.78. The quantitative estimate of drug-likeness (QED) is 0.722. The van der Waals surface area contributed by atoms with Crippen LogP contribution < -0.4 is 10.5 Å². The van der Waals surface area contributed by atoms with Crippen LogP contribution in [0, 0.1) is 0 Å². The second kappa shape index (κ2) is 9.73. The van der Waals surface area contributed by atoms with Gasteiger partial charge in [0.1, 0.15) is 11.5 Å². The first-order valence-electron chi connectivity index (χ1n) is 8.78. The lowest BCUT2D eigenvalue weighted by Gasteiger charge is -2.16. The molecule has 0 radical (unpaired) electrons. The van der Waals surface area contributed by atoms with Crippen molar-refractivity contribution in [3.8, 4) is 11.5 Å². The maximum atomic E-state index is 11.8. The van der Waals surface area contributed by atoms with E-state index in [9.17, 15) is 9.59 Å². The minimum Gasteiger partial charge on any atom is -0.469 e. The summed E-state index contributed by atoms with van der Waals surface area (Å²) < 4.78 is 10.5.